The van der Waals surface area contributed by atoms with E-state index in [1.807, 2.05) is 31.3 Å². The van der Waals surface area contributed by atoms with Gasteiger partial charge in [-0.05, 0) is 31.4 Å². The molecular formula is C14H22N2O. The molecule has 0 radical (unpaired) electrons. The third-order valence-corrected chi connectivity index (χ3v) is 2.84. The molecule has 1 aromatic rings. The van der Waals surface area contributed by atoms with Crippen LogP contribution in [0, 0.1) is 0 Å². The zero-order valence-corrected chi connectivity index (χ0v) is 10.8. The minimum absolute atomic E-state index is 0.449. The smallest absolute Gasteiger partial charge is 0.0957 e. The predicted octanol–water partition coefficient (Wildman–Crippen LogP) is 2.93. The first kappa shape index (κ1) is 13.7. The summed E-state index contributed by atoms with van der Waals surface area (Å²) in [5, 5.41) is 9.64. The summed E-state index contributed by atoms with van der Waals surface area (Å²) in [4.78, 5) is 6.45. The van der Waals surface area contributed by atoms with Gasteiger partial charge in [0.25, 0.3) is 0 Å². The average molecular weight is 234 g/mol. The minimum atomic E-state index is -0.449. The van der Waals surface area contributed by atoms with E-state index in [1.165, 1.54) is 0 Å². The van der Waals surface area contributed by atoms with Crippen LogP contribution >= 0.6 is 0 Å². The topological polar surface area (TPSA) is 36.4 Å². The van der Waals surface area contributed by atoms with E-state index in [0.29, 0.717) is 6.42 Å². The van der Waals surface area contributed by atoms with Crippen molar-refractivity contribution in [2.75, 3.05) is 18.5 Å². The summed E-state index contributed by atoms with van der Waals surface area (Å²) in [5.74, 6) is 0. The lowest BCUT2D eigenvalue weighted by Gasteiger charge is -2.19. The van der Waals surface area contributed by atoms with Gasteiger partial charge < -0.3 is 10.0 Å². The molecule has 3 heteroatoms. The molecule has 1 aromatic heterocycles. The monoisotopic (exact) mass is 234 g/mol. The molecule has 1 N–H and O–H groups in total. The van der Waals surface area contributed by atoms with E-state index in [-0.39, 0.29) is 0 Å². The van der Waals surface area contributed by atoms with Gasteiger partial charge in [-0.3, -0.25) is 4.98 Å². The fraction of sp³-hybridized carbons (Fsp3) is 0.500. The Morgan fingerprint density at radius 3 is 2.82 bits per heavy atom. The Morgan fingerprint density at radius 2 is 2.29 bits per heavy atom. The second-order valence-corrected chi connectivity index (χ2v) is 4.22. The Bertz CT molecular complexity index is 335. The maximum atomic E-state index is 9.64. The van der Waals surface area contributed by atoms with Gasteiger partial charge in [-0.1, -0.05) is 13.0 Å². The van der Waals surface area contributed by atoms with Gasteiger partial charge in [-0.15, -0.1) is 6.58 Å². The molecule has 0 aromatic carbocycles. The molecular weight excluding hydrogens is 212 g/mol. The third kappa shape index (κ3) is 4.19. The first-order valence-electron chi connectivity index (χ1n) is 6.15. The summed E-state index contributed by atoms with van der Waals surface area (Å²) in [6, 6.07) is 3.91. The summed E-state index contributed by atoms with van der Waals surface area (Å²) < 4.78 is 0. The second-order valence-electron chi connectivity index (χ2n) is 4.22. The van der Waals surface area contributed by atoms with Gasteiger partial charge in [0.1, 0.15) is 0 Å². The molecule has 0 unspecified atom stereocenters. The number of unbranched alkanes of at least 4 members (excludes halogenated alkanes) is 1. The van der Waals surface area contributed by atoms with Gasteiger partial charge in [0, 0.05) is 13.6 Å². The second kappa shape index (κ2) is 7.07. The highest BCUT2D eigenvalue weighted by Gasteiger charge is 2.07. The average Bonchev–Trinajstić information content (AvgIpc) is 2.38. The fourth-order valence-electron chi connectivity index (χ4n) is 1.63. The molecule has 0 bridgehead atoms. The highest BCUT2D eigenvalue weighted by Crippen LogP contribution is 2.17. The van der Waals surface area contributed by atoms with Crippen LogP contribution in [0.4, 0.5) is 5.69 Å². The normalized spacial score (nSPS) is 12.2. The van der Waals surface area contributed by atoms with Crippen molar-refractivity contribution in [2.45, 2.75) is 32.3 Å². The number of anilines is 1. The van der Waals surface area contributed by atoms with Crippen molar-refractivity contribution in [1.29, 1.82) is 0 Å². The third-order valence-electron chi connectivity index (χ3n) is 2.84. The van der Waals surface area contributed by atoms with E-state index < -0.39 is 6.10 Å². The molecule has 0 saturated carbocycles. The number of nitrogens with zero attached hydrogens (tertiary/aromatic N) is 2. The van der Waals surface area contributed by atoms with Crippen molar-refractivity contribution < 1.29 is 5.11 Å². The maximum Gasteiger partial charge on any atom is 0.0957 e. The van der Waals surface area contributed by atoms with Gasteiger partial charge in [-0.2, -0.15) is 0 Å². The van der Waals surface area contributed by atoms with Crippen LogP contribution in [0.3, 0.4) is 0 Å². The molecule has 0 spiro atoms. The molecule has 1 heterocycles. The zero-order chi connectivity index (χ0) is 12.7. The Kier molecular flexibility index (Phi) is 5.70. The van der Waals surface area contributed by atoms with Crippen LogP contribution in [-0.4, -0.2) is 23.7 Å². The first-order chi connectivity index (χ1) is 8.19. The van der Waals surface area contributed by atoms with Crippen LogP contribution in [0.25, 0.3) is 0 Å². The molecule has 0 aliphatic heterocycles. The van der Waals surface area contributed by atoms with Crippen molar-refractivity contribution in [2.24, 2.45) is 0 Å². The Morgan fingerprint density at radius 1 is 1.53 bits per heavy atom. The van der Waals surface area contributed by atoms with Gasteiger partial charge in [-0.25, -0.2) is 0 Å². The SMILES string of the molecule is C=CCCCN(C)c1ccc([C@H](O)CC)nc1. The van der Waals surface area contributed by atoms with E-state index in [0.717, 1.165) is 30.8 Å². The summed E-state index contributed by atoms with van der Waals surface area (Å²) in [6.45, 7) is 6.65. The van der Waals surface area contributed by atoms with E-state index in [9.17, 15) is 5.11 Å². The van der Waals surface area contributed by atoms with E-state index in [2.05, 4.69) is 23.5 Å². The van der Waals surface area contributed by atoms with Crippen molar-refractivity contribution >= 4 is 5.69 Å². The van der Waals surface area contributed by atoms with Gasteiger partial charge >= 0.3 is 0 Å². The zero-order valence-electron chi connectivity index (χ0n) is 10.8. The van der Waals surface area contributed by atoms with Gasteiger partial charge in [0.05, 0.1) is 23.7 Å². The quantitative estimate of drug-likeness (QED) is 0.582. The molecule has 17 heavy (non-hydrogen) atoms. The van der Waals surface area contributed by atoms with Crippen molar-refractivity contribution in [3.8, 4) is 0 Å². The minimum Gasteiger partial charge on any atom is -0.387 e. The van der Waals surface area contributed by atoms with Crippen LogP contribution in [0.2, 0.25) is 0 Å². The van der Waals surface area contributed by atoms with Crippen molar-refractivity contribution in [3.63, 3.8) is 0 Å². The molecule has 1 rings (SSSR count). The van der Waals surface area contributed by atoms with Crippen LogP contribution in [0.15, 0.2) is 31.0 Å². The number of allylic oxidation sites excluding steroid dienone is 1. The summed E-state index contributed by atoms with van der Waals surface area (Å²) in [6.07, 6.45) is 6.13. The highest BCUT2D eigenvalue weighted by molar-refractivity contribution is 5.43. The molecule has 1 atom stereocenters. The van der Waals surface area contributed by atoms with Crippen LogP contribution in [0.5, 0.6) is 0 Å². The van der Waals surface area contributed by atoms with Crippen LogP contribution in [0.1, 0.15) is 38.0 Å². The van der Waals surface area contributed by atoms with E-state index >= 15 is 0 Å². The number of rotatable bonds is 7. The lowest BCUT2D eigenvalue weighted by Crippen LogP contribution is -2.18. The van der Waals surface area contributed by atoms with E-state index in [4.69, 9.17) is 0 Å². The lowest BCUT2D eigenvalue weighted by atomic mass is 10.2. The van der Waals surface area contributed by atoms with Crippen molar-refractivity contribution in [1.82, 2.24) is 4.98 Å². The van der Waals surface area contributed by atoms with Gasteiger partial charge in [0.15, 0.2) is 0 Å². The highest BCUT2D eigenvalue weighted by atomic mass is 16.3. The molecule has 3 nitrogen and oxygen atoms in total. The number of aliphatic hydroxyl groups is 1. The number of hydrogen-bond acceptors (Lipinski definition) is 3. The molecule has 0 aliphatic rings. The number of aromatic nitrogens is 1. The van der Waals surface area contributed by atoms with Gasteiger partial charge in [0.2, 0.25) is 0 Å². The molecule has 0 aliphatic carbocycles. The van der Waals surface area contributed by atoms with Crippen molar-refractivity contribution in [3.05, 3.63) is 36.7 Å². The molecule has 0 fully saturated rings. The Balaban J connectivity index is 2.57. The standard InChI is InChI=1S/C14H22N2O/c1-4-6-7-10-16(3)12-8-9-13(15-11-12)14(17)5-2/h4,8-9,11,14,17H,1,5-7,10H2,2-3H3/t14-/m1/s1. The molecule has 0 amide bonds. The lowest BCUT2D eigenvalue weighted by molar-refractivity contribution is 0.169. The summed E-state index contributed by atoms with van der Waals surface area (Å²) in [7, 11) is 2.05. The molecule has 0 saturated heterocycles. The largest absolute Gasteiger partial charge is 0.387 e. The molecule has 94 valence electrons. The van der Waals surface area contributed by atoms with E-state index in [1.54, 1.807) is 0 Å². The summed E-state index contributed by atoms with van der Waals surface area (Å²) in [5.41, 5.74) is 1.83. The fourth-order valence-corrected chi connectivity index (χ4v) is 1.63. The number of hydrogen-bond donors (Lipinski definition) is 1. The first-order valence-corrected chi connectivity index (χ1v) is 6.15. The van der Waals surface area contributed by atoms with Crippen LogP contribution < -0.4 is 4.90 Å². The number of aliphatic hydroxyl groups excluding tert-OH is 1. The Hall–Kier alpha value is -1.35. The Labute approximate surface area is 104 Å². The predicted molar refractivity (Wildman–Crippen MR) is 72.2 cm³/mol. The maximum absolute atomic E-state index is 9.64. The number of pyridine rings is 1. The van der Waals surface area contributed by atoms with Crippen LogP contribution in [-0.2, 0) is 0 Å². The summed E-state index contributed by atoms with van der Waals surface area (Å²) >= 11 is 0.